The van der Waals surface area contributed by atoms with Crippen molar-refractivity contribution in [1.82, 2.24) is 10.3 Å². The molecule has 1 aromatic heterocycles. The third-order valence-corrected chi connectivity index (χ3v) is 4.11. The van der Waals surface area contributed by atoms with Gasteiger partial charge in [0.1, 0.15) is 5.82 Å². The number of nitrogens with zero attached hydrogens (tertiary/aromatic N) is 2. The van der Waals surface area contributed by atoms with Crippen LogP contribution >= 0.6 is 28.3 Å². The smallest absolute Gasteiger partial charge is 0.256 e. The summed E-state index contributed by atoms with van der Waals surface area (Å²) in [5.74, 6) is 0.404. The molecular formula is C16H18BrClN4O. The van der Waals surface area contributed by atoms with Crippen LogP contribution in [0.15, 0.2) is 47.1 Å². The number of piperazine rings is 1. The van der Waals surface area contributed by atoms with Gasteiger partial charge in [0.25, 0.3) is 5.91 Å². The van der Waals surface area contributed by atoms with E-state index in [9.17, 15) is 4.79 Å². The average molecular weight is 398 g/mol. The predicted octanol–water partition coefficient (Wildman–Crippen LogP) is 2.93. The van der Waals surface area contributed by atoms with Crippen LogP contribution < -0.4 is 15.5 Å². The molecule has 1 aliphatic heterocycles. The summed E-state index contributed by atoms with van der Waals surface area (Å²) in [4.78, 5) is 18.7. The predicted molar refractivity (Wildman–Crippen MR) is 98.7 cm³/mol. The van der Waals surface area contributed by atoms with E-state index in [2.05, 4.69) is 36.4 Å². The number of rotatable bonds is 3. The lowest BCUT2D eigenvalue weighted by Crippen LogP contribution is -2.43. The topological polar surface area (TPSA) is 57.3 Å². The van der Waals surface area contributed by atoms with Gasteiger partial charge in [0, 0.05) is 36.2 Å². The number of pyridine rings is 1. The monoisotopic (exact) mass is 396 g/mol. The molecule has 0 unspecified atom stereocenters. The summed E-state index contributed by atoms with van der Waals surface area (Å²) in [7, 11) is 0. The quantitative estimate of drug-likeness (QED) is 0.836. The van der Waals surface area contributed by atoms with Gasteiger partial charge >= 0.3 is 0 Å². The molecule has 7 heteroatoms. The SMILES string of the molecule is Cl.O=C(Nc1ccc(N2CCNCC2)cn1)c1ccc(Br)cc1. The highest BCUT2D eigenvalue weighted by Gasteiger charge is 2.11. The number of carbonyl (C=O) groups excluding carboxylic acids is 1. The first kappa shape index (κ1) is 17.7. The number of nitrogens with one attached hydrogen (secondary N) is 2. The fourth-order valence-corrected chi connectivity index (χ4v) is 2.62. The second-order valence-electron chi connectivity index (χ2n) is 5.10. The van der Waals surface area contributed by atoms with E-state index >= 15 is 0 Å². The summed E-state index contributed by atoms with van der Waals surface area (Å²) in [6.07, 6.45) is 1.81. The Hall–Kier alpha value is -1.63. The molecule has 1 aromatic carbocycles. The zero-order valence-electron chi connectivity index (χ0n) is 12.5. The molecule has 2 heterocycles. The molecule has 1 saturated heterocycles. The summed E-state index contributed by atoms with van der Waals surface area (Å²) in [6, 6.07) is 11.1. The minimum atomic E-state index is -0.157. The van der Waals surface area contributed by atoms with Crippen molar-refractivity contribution in [1.29, 1.82) is 0 Å². The van der Waals surface area contributed by atoms with Crippen LogP contribution in [0.25, 0.3) is 0 Å². The summed E-state index contributed by atoms with van der Waals surface area (Å²) in [5.41, 5.74) is 1.69. The molecule has 0 spiro atoms. The molecule has 0 saturated carbocycles. The Morgan fingerprint density at radius 2 is 1.83 bits per heavy atom. The molecule has 5 nitrogen and oxygen atoms in total. The van der Waals surface area contributed by atoms with Crippen molar-refractivity contribution >= 4 is 45.7 Å². The third-order valence-electron chi connectivity index (χ3n) is 3.58. The van der Waals surface area contributed by atoms with Crippen molar-refractivity contribution in [3.8, 4) is 0 Å². The summed E-state index contributed by atoms with van der Waals surface area (Å²) < 4.78 is 0.947. The summed E-state index contributed by atoms with van der Waals surface area (Å²) >= 11 is 3.35. The Kier molecular flexibility index (Phi) is 6.38. The maximum Gasteiger partial charge on any atom is 0.256 e. The van der Waals surface area contributed by atoms with Crippen LogP contribution in [0.1, 0.15) is 10.4 Å². The molecule has 0 aliphatic carbocycles. The fraction of sp³-hybridized carbons (Fsp3) is 0.250. The molecule has 2 N–H and O–H groups in total. The molecule has 1 aliphatic rings. The third kappa shape index (κ3) is 4.67. The highest BCUT2D eigenvalue weighted by molar-refractivity contribution is 9.10. The Labute approximate surface area is 150 Å². The van der Waals surface area contributed by atoms with Gasteiger partial charge in [0.15, 0.2) is 0 Å². The van der Waals surface area contributed by atoms with Crippen LogP contribution in [0.3, 0.4) is 0 Å². The van der Waals surface area contributed by atoms with Crippen LogP contribution in [0.2, 0.25) is 0 Å². The van der Waals surface area contributed by atoms with Gasteiger partial charge in [-0.25, -0.2) is 4.98 Å². The maximum absolute atomic E-state index is 12.1. The second kappa shape index (κ2) is 8.29. The zero-order valence-corrected chi connectivity index (χ0v) is 14.9. The highest BCUT2D eigenvalue weighted by Crippen LogP contribution is 2.16. The van der Waals surface area contributed by atoms with Gasteiger partial charge in [-0.15, -0.1) is 12.4 Å². The number of benzene rings is 1. The number of halogens is 2. The van der Waals surface area contributed by atoms with E-state index in [0.717, 1.165) is 36.3 Å². The molecule has 1 amide bonds. The average Bonchev–Trinajstić information content (AvgIpc) is 2.57. The number of hydrogen-bond donors (Lipinski definition) is 2. The second-order valence-corrected chi connectivity index (χ2v) is 6.02. The molecule has 2 aromatic rings. The molecular weight excluding hydrogens is 380 g/mol. The Morgan fingerprint density at radius 1 is 1.13 bits per heavy atom. The van der Waals surface area contributed by atoms with Crippen molar-refractivity contribution in [2.45, 2.75) is 0 Å². The standard InChI is InChI=1S/C16H17BrN4O.ClH/c17-13-3-1-12(2-4-13)16(22)20-15-6-5-14(11-19-15)21-9-7-18-8-10-21;/h1-6,11,18H,7-10H2,(H,19,20,22);1H. The molecule has 0 radical (unpaired) electrons. The lowest BCUT2D eigenvalue weighted by Gasteiger charge is -2.29. The van der Waals surface area contributed by atoms with Crippen molar-refractivity contribution < 1.29 is 4.79 Å². The van der Waals surface area contributed by atoms with Gasteiger partial charge in [-0.2, -0.15) is 0 Å². The van der Waals surface area contributed by atoms with Crippen molar-refractivity contribution in [3.63, 3.8) is 0 Å². The number of carbonyl (C=O) groups is 1. The summed E-state index contributed by atoms with van der Waals surface area (Å²) in [5, 5.41) is 6.13. The molecule has 0 bridgehead atoms. The van der Waals surface area contributed by atoms with E-state index in [1.165, 1.54) is 0 Å². The Bertz CT molecular complexity index is 642. The number of anilines is 2. The largest absolute Gasteiger partial charge is 0.368 e. The molecule has 122 valence electrons. The summed E-state index contributed by atoms with van der Waals surface area (Å²) in [6.45, 7) is 3.93. The van der Waals surface area contributed by atoms with E-state index in [-0.39, 0.29) is 18.3 Å². The Balaban J connectivity index is 0.00000192. The lowest BCUT2D eigenvalue weighted by molar-refractivity contribution is 0.102. The highest BCUT2D eigenvalue weighted by atomic mass is 79.9. The van der Waals surface area contributed by atoms with Gasteiger partial charge in [-0.1, -0.05) is 15.9 Å². The first-order chi connectivity index (χ1) is 10.7. The van der Waals surface area contributed by atoms with Gasteiger partial charge in [0.2, 0.25) is 0 Å². The normalized spacial score (nSPS) is 14.0. The number of aromatic nitrogens is 1. The molecule has 1 fully saturated rings. The van der Waals surface area contributed by atoms with Crippen molar-refractivity contribution in [3.05, 3.63) is 52.6 Å². The van der Waals surface area contributed by atoms with E-state index in [1.54, 1.807) is 12.1 Å². The van der Waals surface area contributed by atoms with Gasteiger partial charge < -0.3 is 15.5 Å². The minimum absolute atomic E-state index is 0. The number of hydrogen-bond acceptors (Lipinski definition) is 4. The van der Waals surface area contributed by atoms with Crippen molar-refractivity contribution in [2.24, 2.45) is 0 Å². The molecule has 23 heavy (non-hydrogen) atoms. The first-order valence-electron chi connectivity index (χ1n) is 7.21. The van der Waals surface area contributed by atoms with Crippen LogP contribution in [-0.2, 0) is 0 Å². The van der Waals surface area contributed by atoms with E-state index < -0.39 is 0 Å². The first-order valence-corrected chi connectivity index (χ1v) is 8.00. The van der Waals surface area contributed by atoms with Gasteiger partial charge in [0.05, 0.1) is 11.9 Å². The van der Waals surface area contributed by atoms with E-state index in [1.807, 2.05) is 30.5 Å². The van der Waals surface area contributed by atoms with Crippen LogP contribution in [0, 0.1) is 0 Å². The van der Waals surface area contributed by atoms with Crippen molar-refractivity contribution in [2.75, 3.05) is 36.4 Å². The maximum atomic E-state index is 12.1. The molecule has 0 atom stereocenters. The van der Waals surface area contributed by atoms with Crippen LogP contribution in [0.4, 0.5) is 11.5 Å². The number of amides is 1. The van der Waals surface area contributed by atoms with Gasteiger partial charge in [-0.3, -0.25) is 4.79 Å². The zero-order chi connectivity index (χ0) is 15.4. The van der Waals surface area contributed by atoms with E-state index in [4.69, 9.17) is 0 Å². The van der Waals surface area contributed by atoms with Crippen LogP contribution in [-0.4, -0.2) is 37.1 Å². The van der Waals surface area contributed by atoms with E-state index in [0.29, 0.717) is 11.4 Å². The minimum Gasteiger partial charge on any atom is -0.368 e. The fourth-order valence-electron chi connectivity index (χ4n) is 2.36. The lowest BCUT2D eigenvalue weighted by atomic mass is 10.2. The van der Waals surface area contributed by atoms with Crippen LogP contribution in [0.5, 0.6) is 0 Å². The van der Waals surface area contributed by atoms with Gasteiger partial charge in [-0.05, 0) is 36.4 Å². The Morgan fingerprint density at radius 3 is 2.43 bits per heavy atom. The molecule has 3 rings (SSSR count).